The van der Waals surface area contributed by atoms with E-state index in [0.717, 1.165) is 12.8 Å². The number of sulfonamides is 1. The first kappa shape index (κ1) is 16.3. The SMILES string of the molecule is CN(CC1CC(Cl)C1)S(=O)(=O)c1ccc(Cl)c(F)c1Cl. The number of rotatable bonds is 4. The monoisotopic (exact) mass is 359 g/mol. The van der Waals surface area contributed by atoms with Crippen LogP contribution in [0.15, 0.2) is 17.0 Å². The van der Waals surface area contributed by atoms with E-state index in [1.807, 2.05) is 0 Å². The predicted molar refractivity (Wildman–Crippen MR) is 78.6 cm³/mol. The lowest BCUT2D eigenvalue weighted by atomic mass is 9.85. The Kier molecular flexibility index (Phi) is 4.87. The smallest absolute Gasteiger partial charge is 0.207 e. The molecule has 0 N–H and O–H groups in total. The maximum absolute atomic E-state index is 13.6. The first-order chi connectivity index (χ1) is 9.23. The summed E-state index contributed by atoms with van der Waals surface area (Å²) in [6, 6.07) is 2.40. The fraction of sp³-hybridized carbons (Fsp3) is 0.500. The van der Waals surface area contributed by atoms with Crippen LogP contribution < -0.4 is 0 Å². The van der Waals surface area contributed by atoms with Gasteiger partial charge in [-0.2, -0.15) is 0 Å². The lowest BCUT2D eigenvalue weighted by Crippen LogP contribution is -2.38. The molecular formula is C12H13Cl3FNO2S. The van der Waals surface area contributed by atoms with E-state index in [1.54, 1.807) is 0 Å². The number of nitrogens with zero attached hydrogens (tertiary/aromatic N) is 1. The van der Waals surface area contributed by atoms with Gasteiger partial charge in [0.25, 0.3) is 0 Å². The topological polar surface area (TPSA) is 37.4 Å². The van der Waals surface area contributed by atoms with Crippen LogP contribution in [0, 0.1) is 11.7 Å². The quantitative estimate of drug-likeness (QED) is 0.605. The number of alkyl halides is 1. The zero-order valence-electron chi connectivity index (χ0n) is 10.6. The largest absolute Gasteiger partial charge is 0.244 e. The Labute approximate surface area is 132 Å². The van der Waals surface area contributed by atoms with Gasteiger partial charge >= 0.3 is 0 Å². The molecule has 0 aromatic heterocycles. The summed E-state index contributed by atoms with van der Waals surface area (Å²) >= 11 is 17.2. The molecule has 0 unspecified atom stereocenters. The normalized spacial score (nSPS) is 22.9. The molecule has 3 nitrogen and oxygen atoms in total. The minimum Gasteiger partial charge on any atom is -0.207 e. The van der Waals surface area contributed by atoms with Crippen LogP contribution >= 0.6 is 34.8 Å². The minimum atomic E-state index is -3.84. The highest BCUT2D eigenvalue weighted by Crippen LogP contribution is 2.35. The number of halogens is 4. The number of hydrogen-bond acceptors (Lipinski definition) is 2. The zero-order valence-corrected chi connectivity index (χ0v) is 13.7. The summed E-state index contributed by atoms with van der Waals surface area (Å²) in [4.78, 5) is -0.273. The Hall–Kier alpha value is -0.0700. The van der Waals surface area contributed by atoms with Crippen LogP contribution in [0.2, 0.25) is 10.0 Å². The molecule has 2 rings (SSSR count). The van der Waals surface area contributed by atoms with Gasteiger partial charge in [0.1, 0.15) is 4.90 Å². The Morgan fingerprint density at radius 3 is 2.50 bits per heavy atom. The molecule has 0 amide bonds. The van der Waals surface area contributed by atoms with Gasteiger partial charge in [-0.1, -0.05) is 23.2 Å². The van der Waals surface area contributed by atoms with E-state index in [4.69, 9.17) is 34.8 Å². The molecule has 1 saturated carbocycles. The highest BCUT2D eigenvalue weighted by atomic mass is 35.5. The molecule has 1 aromatic carbocycles. The molecule has 0 spiro atoms. The second-order valence-corrected chi connectivity index (χ2v) is 8.31. The van der Waals surface area contributed by atoms with Gasteiger partial charge in [-0.15, -0.1) is 11.6 Å². The number of hydrogen-bond donors (Lipinski definition) is 0. The molecule has 0 atom stereocenters. The second kappa shape index (κ2) is 5.97. The molecule has 0 radical (unpaired) electrons. The molecular weight excluding hydrogens is 348 g/mol. The van der Waals surface area contributed by atoms with E-state index in [0.29, 0.717) is 6.54 Å². The molecule has 0 bridgehead atoms. The summed E-state index contributed by atoms with van der Waals surface area (Å²) in [5, 5.41) is -0.568. The fourth-order valence-corrected chi connectivity index (χ4v) is 4.61. The van der Waals surface area contributed by atoms with Crippen LogP contribution in [0.25, 0.3) is 0 Å². The molecule has 0 heterocycles. The van der Waals surface area contributed by atoms with Crippen LogP contribution in [-0.2, 0) is 10.0 Å². The maximum atomic E-state index is 13.6. The van der Waals surface area contributed by atoms with Gasteiger partial charge in [0.15, 0.2) is 5.82 Å². The van der Waals surface area contributed by atoms with E-state index in [-0.39, 0.29) is 21.2 Å². The maximum Gasteiger partial charge on any atom is 0.244 e. The van der Waals surface area contributed by atoms with Crippen LogP contribution in [0.1, 0.15) is 12.8 Å². The van der Waals surface area contributed by atoms with E-state index in [1.165, 1.54) is 23.5 Å². The van der Waals surface area contributed by atoms with Gasteiger partial charge in [-0.3, -0.25) is 0 Å². The Morgan fingerprint density at radius 2 is 1.95 bits per heavy atom. The standard InChI is InChI=1S/C12H13Cl3FNO2S/c1-17(6-7-4-8(13)5-7)20(18,19)10-3-2-9(14)12(16)11(10)15/h2-3,7-8H,4-6H2,1H3. The third kappa shape index (κ3) is 3.07. The van der Waals surface area contributed by atoms with Crippen LogP contribution in [-0.4, -0.2) is 31.7 Å². The van der Waals surface area contributed by atoms with Crippen molar-refractivity contribution in [3.63, 3.8) is 0 Å². The van der Waals surface area contributed by atoms with Crippen molar-refractivity contribution in [3.05, 3.63) is 28.0 Å². The van der Waals surface area contributed by atoms with E-state index >= 15 is 0 Å². The van der Waals surface area contributed by atoms with Gasteiger partial charge in [-0.25, -0.2) is 17.1 Å². The predicted octanol–water partition coefficient (Wildman–Crippen LogP) is 3.77. The van der Waals surface area contributed by atoms with Crippen LogP contribution in [0.5, 0.6) is 0 Å². The van der Waals surface area contributed by atoms with Crippen molar-refractivity contribution in [2.75, 3.05) is 13.6 Å². The fourth-order valence-electron chi connectivity index (χ4n) is 2.14. The van der Waals surface area contributed by atoms with Gasteiger partial charge < -0.3 is 0 Å². The average molecular weight is 361 g/mol. The van der Waals surface area contributed by atoms with Crippen molar-refractivity contribution in [1.29, 1.82) is 0 Å². The first-order valence-electron chi connectivity index (χ1n) is 5.97. The van der Waals surface area contributed by atoms with Crippen molar-refractivity contribution in [2.24, 2.45) is 5.92 Å². The van der Waals surface area contributed by atoms with Gasteiger partial charge in [0, 0.05) is 19.0 Å². The molecule has 1 aromatic rings. The molecule has 0 aliphatic heterocycles. The van der Waals surface area contributed by atoms with Crippen LogP contribution in [0.4, 0.5) is 4.39 Å². The van der Waals surface area contributed by atoms with Gasteiger partial charge in [-0.05, 0) is 30.9 Å². The highest BCUT2D eigenvalue weighted by molar-refractivity contribution is 7.89. The van der Waals surface area contributed by atoms with Crippen molar-refractivity contribution in [3.8, 4) is 0 Å². The van der Waals surface area contributed by atoms with Crippen LogP contribution in [0.3, 0.4) is 0 Å². The number of benzene rings is 1. The summed E-state index contributed by atoms with van der Waals surface area (Å²) < 4.78 is 39.5. The molecule has 1 aliphatic carbocycles. The van der Waals surface area contributed by atoms with E-state index in [9.17, 15) is 12.8 Å². The highest BCUT2D eigenvalue weighted by Gasteiger charge is 2.33. The third-order valence-electron chi connectivity index (χ3n) is 3.38. The van der Waals surface area contributed by atoms with Gasteiger partial charge in [0.05, 0.1) is 10.0 Å². The van der Waals surface area contributed by atoms with Gasteiger partial charge in [0.2, 0.25) is 10.0 Å². The molecule has 1 fully saturated rings. The lowest BCUT2D eigenvalue weighted by Gasteiger charge is -2.33. The Bertz CT molecular complexity index is 617. The molecule has 0 saturated heterocycles. The molecule has 20 heavy (non-hydrogen) atoms. The lowest BCUT2D eigenvalue weighted by molar-refractivity contribution is 0.268. The van der Waals surface area contributed by atoms with Crippen molar-refractivity contribution in [1.82, 2.24) is 4.31 Å². The molecule has 112 valence electrons. The Balaban J connectivity index is 2.24. The molecule has 1 aliphatic rings. The average Bonchev–Trinajstić information content (AvgIpc) is 2.33. The second-order valence-electron chi connectivity index (χ2n) is 4.89. The molecule has 8 heteroatoms. The summed E-state index contributed by atoms with van der Waals surface area (Å²) in [5.41, 5.74) is 0. The Morgan fingerprint density at radius 1 is 1.35 bits per heavy atom. The summed E-state index contributed by atoms with van der Waals surface area (Å²) in [7, 11) is -2.39. The summed E-state index contributed by atoms with van der Waals surface area (Å²) in [5.74, 6) is -0.694. The first-order valence-corrected chi connectivity index (χ1v) is 8.60. The summed E-state index contributed by atoms with van der Waals surface area (Å²) in [6.07, 6.45) is 1.56. The summed E-state index contributed by atoms with van der Waals surface area (Å²) in [6.45, 7) is 0.339. The van der Waals surface area contributed by atoms with E-state index < -0.39 is 20.9 Å². The van der Waals surface area contributed by atoms with Crippen molar-refractivity contribution < 1.29 is 12.8 Å². The minimum absolute atomic E-state index is 0.118. The van der Waals surface area contributed by atoms with Crippen molar-refractivity contribution >= 4 is 44.8 Å². The zero-order chi connectivity index (χ0) is 15.1. The van der Waals surface area contributed by atoms with E-state index in [2.05, 4.69) is 0 Å². The van der Waals surface area contributed by atoms with Crippen molar-refractivity contribution in [2.45, 2.75) is 23.1 Å². The third-order valence-corrected chi connectivity index (χ3v) is 6.38.